The highest BCUT2D eigenvalue weighted by molar-refractivity contribution is 7.99. The van der Waals surface area contributed by atoms with Gasteiger partial charge in [0.1, 0.15) is 6.26 Å². The minimum absolute atomic E-state index is 0.425. The molecule has 0 amide bonds. The normalized spacial score (nSPS) is 20.4. The van der Waals surface area contributed by atoms with E-state index in [-0.39, 0.29) is 0 Å². The lowest BCUT2D eigenvalue weighted by atomic mass is 10.2. The van der Waals surface area contributed by atoms with Crippen LogP contribution in [0, 0.1) is 6.92 Å². The summed E-state index contributed by atoms with van der Waals surface area (Å²) in [5, 5.41) is 4.15. The van der Waals surface area contributed by atoms with Crippen molar-refractivity contribution in [2.75, 3.05) is 25.4 Å². The van der Waals surface area contributed by atoms with Crippen LogP contribution in [0.5, 0.6) is 0 Å². The van der Waals surface area contributed by atoms with Crippen molar-refractivity contribution in [2.45, 2.75) is 31.1 Å². The van der Waals surface area contributed by atoms with Gasteiger partial charge < -0.3 is 14.5 Å². The number of aromatic nitrogens is 1. The Labute approximate surface area is 100 Å². The van der Waals surface area contributed by atoms with E-state index >= 15 is 0 Å². The van der Waals surface area contributed by atoms with E-state index in [0.717, 1.165) is 36.4 Å². The van der Waals surface area contributed by atoms with Crippen LogP contribution in [0.2, 0.25) is 0 Å². The van der Waals surface area contributed by atoms with Gasteiger partial charge in [-0.2, -0.15) is 0 Å². The first-order valence-electron chi connectivity index (χ1n) is 5.72. The van der Waals surface area contributed by atoms with Crippen molar-refractivity contribution in [3.63, 3.8) is 0 Å². The molecule has 0 bridgehead atoms. The Kier molecular flexibility index (Phi) is 4.69. The van der Waals surface area contributed by atoms with Crippen LogP contribution >= 0.6 is 11.8 Å². The minimum atomic E-state index is 0.425. The summed E-state index contributed by atoms with van der Waals surface area (Å²) in [6.07, 6.45) is 4.51. The van der Waals surface area contributed by atoms with Crippen molar-refractivity contribution < 1.29 is 9.15 Å². The van der Waals surface area contributed by atoms with Crippen molar-refractivity contribution in [1.29, 1.82) is 0 Å². The molecule has 2 heterocycles. The highest BCUT2D eigenvalue weighted by Gasteiger charge is 2.14. The van der Waals surface area contributed by atoms with Crippen molar-refractivity contribution in [3.05, 3.63) is 12.0 Å². The molecule has 90 valence electrons. The zero-order valence-electron chi connectivity index (χ0n) is 9.57. The number of nitrogens with one attached hydrogen (secondary N) is 1. The van der Waals surface area contributed by atoms with E-state index < -0.39 is 0 Å². The Morgan fingerprint density at radius 1 is 1.62 bits per heavy atom. The fraction of sp³-hybridized carbons (Fsp3) is 0.727. The molecule has 1 aromatic heterocycles. The van der Waals surface area contributed by atoms with Gasteiger partial charge in [-0.15, -0.1) is 0 Å². The molecule has 1 aromatic rings. The van der Waals surface area contributed by atoms with Crippen LogP contribution in [0.4, 0.5) is 0 Å². The molecule has 0 spiro atoms. The van der Waals surface area contributed by atoms with Crippen molar-refractivity contribution in [2.24, 2.45) is 0 Å². The van der Waals surface area contributed by atoms with Gasteiger partial charge in [-0.1, -0.05) is 11.8 Å². The third-order valence-electron chi connectivity index (χ3n) is 2.50. The molecule has 1 unspecified atom stereocenters. The van der Waals surface area contributed by atoms with E-state index in [4.69, 9.17) is 9.15 Å². The Bertz CT molecular complexity index is 311. The van der Waals surface area contributed by atoms with Crippen molar-refractivity contribution in [1.82, 2.24) is 10.3 Å². The van der Waals surface area contributed by atoms with E-state index in [1.54, 1.807) is 18.0 Å². The van der Waals surface area contributed by atoms with Crippen molar-refractivity contribution >= 4 is 11.8 Å². The predicted molar refractivity (Wildman–Crippen MR) is 63.8 cm³/mol. The van der Waals surface area contributed by atoms with E-state index in [0.29, 0.717) is 6.10 Å². The topological polar surface area (TPSA) is 47.3 Å². The molecule has 1 aliphatic rings. The molecule has 1 fully saturated rings. The number of nitrogens with zero attached hydrogens (tertiary/aromatic N) is 1. The average Bonchev–Trinajstić information content (AvgIpc) is 2.89. The number of hydrogen-bond donors (Lipinski definition) is 1. The number of hydrogen-bond acceptors (Lipinski definition) is 5. The van der Waals surface area contributed by atoms with Crippen LogP contribution in [0.15, 0.2) is 15.9 Å². The Balaban J connectivity index is 1.51. The second-order valence-corrected chi connectivity index (χ2v) is 4.99. The zero-order chi connectivity index (χ0) is 11.2. The second kappa shape index (κ2) is 6.27. The summed E-state index contributed by atoms with van der Waals surface area (Å²) in [7, 11) is 0. The van der Waals surface area contributed by atoms with Gasteiger partial charge in [-0.25, -0.2) is 4.98 Å². The monoisotopic (exact) mass is 242 g/mol. The van der Waals surface area contributed by atoms with Gasteiger partial charge in [-0.3, -0.25) is 0 Å². The SMILES string of the molecule is Cc1coc(SCCNCC2CCCO2)n1. The van der Waals surface area contributed by atoms with Crippen LogP contribution in [-0.4, -0.2) is 36.5 Å². The lowest BCUT2D eigenvalue weighted by molar-refractivity contribution is 0.110. The third kappa shape index (κ3) is 3.81. The smallest absolute Gasteiger partial charge is 0.255 e. The van der Waals surface area contributed by atoms with Gasteiger partial charge in [0, 0.05) is 25.4 Å². The quantitative estimate of drug-likeness (QED) is 0.609. The predicted octanol–water partition coefficient (Wildman–Crippen LogP) is 1.84. The van der Waals surface area contributed by atoms with Crippen LogP contribution < -0.4 is 5.32 Å². The van der Waals surface area contributed by atoms with Gasteiger partial charge in [0.2, 0.25) is 0 Å². The first-order valence-corrected chi connectivity index (χ1v) is 6.70. The highest BCUT2D eigenvalue weighted by atomic mass is 32.2. The molecule has 1 aliphatic heterocycles. The standard InChI is InChI=1S/C11H18N2O2S/c1-9-8-15-11(13-9)16-6-4-12-7-10-3-2-5-14-10/h8,10,12H,2-7H2,1H3. The van der Waals surface area contributed by atoms with Gasteiger partial charge in [0.25, 0.3) is 5.22 Å². The Morgan fingerprint density at radius 2 is 2.56 bits per heavy atom. The number of aryl methyl sites for hydroxylation is 1. The van der Waals surface area contributed by atoms with Gasteiger partial charge in [0.05, 0.1) is 11.8 Å². The van der Waals surface area contributed by atoms with E-state index in [1.165, 1.54) is 12.8 Å². The third-order valence-corrected chi connectivity index (χ3v) is 3.34. The molecule has 1 saturated heterocycles. The number of ether oxygens (including phenoxy) is 1. The number of rotatable bonds is 6. The maximum Gasteiger partial charge on any atom is 0.255 e. The molecule has 2 rings (SSSR count). The molecular formula is C11H18N2O2S. The summed E-state index contributed by atoms with van der Waals surface area (Å²) in [6, 6.07) is 0. The summed E-state index contributed by atoms with van der Waals surface area (Å²) in [4.78, 5) is 4.23. The maximum atomic E-state index is 5.52. The van der Waals surface area contributed by atoms with Crippen LogP contribution in [-0.2, 0) is 4.74 Å². The van der Waals surface area contributed by atoms with Crippen molar-refractivity contribution in [3.8, 4) is 0 Å². The fourth-order valence-corrected chi connectivity index (χ4v) is 2.42. The van der Waals surface area contributed by atoms with Gasteiger partial charge >= 0.3 is 0 Å². The molecule has 4 nitrogen and oxygen atoms in total. The second-order valence-electron chi connectivity index (χ2n) is 3.94. The molecular weight excluding hydrogens is 224 g/mol. The lowest BCUT2D eigenvalue weighted by Crippen LogP contribution is -2.27. The Hall–Kier alpha value is -0.520. The molecule has 0 aliphatic carbocycles. The molecule has 0 radical (unpaired) electrons. The summed E-state index contributed by atoms with van der Waals surface area (Å²) >= 11 is 1.64. The van der Waals surface area contributed by atoms with Crippen LogP contribution in [0.1, 0.15) is 18.5 Å². The fourth-order valence-electron chi connectivity index (χ4n) is 1.68. The van der Waals surface area contributed by atoms with Gasteiger partial charge in [0.15, 0.2) is 0 Å². The molecule has 0 aromatic carbocycles. The van der Waals surface area contributed by atoms with E-state index in [9.17, 15) is 0 Å². The number of thioether (sulfide) groups is 1. The van der Waals surface area contributed by atoms with Crippen LogP contribution in [0.25, 0.3) is 0 Å². The summed E-state index contributed by atoms with van der Waals surface area (Å²) in [5.74, 6) is 0.979. The first-order chi connectivity index (χ1) is 7.84. The van der Waals surface area contributed by atoms with Gasteiger partial charge in [-0.05, 0) is 19.8 Å². The zero-order valence-corrected chi connectivity index (χ0v) is 10.4. The highest BCUT2D eigenvalue weighted by Crippen LogP contribution is 2.15. The summed E-state index contributed by atoms with van der Waals surface area (Å²) in [5.41, 5.74) is 0.940. The summed E-state index contributed by atoms with van der Waals surface area (Å²) < 4.78 is 10.8. The minimum Gasteiger partial charge on any atom is -0.440 e. The molecule has 0 saturated carbocycles. The largest absolute Gasteiger partial charge is 0.440 e. The van der Waals surface area contributed by atoms with Crippen LogP contribution in [0.3, 0.4) is 0 Å². The molecule has 1 atom stereocenters. The molecule has 1 N–H and O–H groups in total. The van der Waals surface area contributed by atoms with E-state index in [2.05, 4.69) is 10.3 Å². The Morgan fingerprint density at radius 3 is 3.25 bits per heavy atom. The average molecular weight is 242 g/mol. The lowest BCUT2D eigenvalue weighted by Gasteiger charge is -2.09. The molecule has 5 heteroatoms. The number of oxazole rings is 1. The maximum absolute atomic E-state index is 5.52. The first kappa shape index (κ1) is 12.0. The van der Waals surface area contributed by atoms with E-state index in [1.807, 2.05) is 6.92 Å². The summed E-state index contributed by atoms with van der Waals surface area (Å²) in [6.45, 7) is 4.79. The molecule has 16 heavy (non-hydrogen) atoms.